The number of hydrogen-bond acceptors (Lipinski definition) is 4. The van der Waals surface area contributed by atoms with Crippen LogP contribution in [0.5, 0.6) is 0 Å². The number of nitrogens with one attached hydrogen (secondary N) is 2. The molecule has 0 spiro atoms. The molecule has 0 saturated heterocycles. The molecule has 0 unspecified atom stereocenters. The Morgan fingerprint density at radius 1 is 0.815 bits per heavy atom. The van der Waals surface area contributed by atoms with Crippen LogP contribution in [0.15, 0.2) is 59.5 Å². The van der Waals surface area contributed by atoms with Crippen LogP contribution in [0, 0.1) is 0 Å². The average Bonchev–Trinajstić information content (AvgIpc) is 2.63. The van der Waals surface area contributed by atoms with E-state index in [2.05, 4.69) is 9.44 Å². The van der Waals surface area contributed by atoms with Gasteiger partial charge in [0, 0.05) is 11.7 Å². The lowest BCUT2D eigenvalue weighted by atomic mass is 9.96. The number of anilines is 1. The third-order valence-corrected chi connectivity index (χ3v) is 7.36. The van der Waals surface area contributed by atoms with Gasteiger partial charge in [-0.3, -0.25) is 4.72 Å². The zero-order valence-electron chi connectivity index (χ0n) is 15.0. The van der Waals surface area contributed by atoms with Gasteiger partial charge < -0.3 is 0 Å². The molecule has 27 heavy (non-hydrogen) atoms. The Bertz CT molecular complexity index is 951. The van der Waals surface area contributed by atoms with Gasteiger partial charge >= 0.3 is 0 Å². The van der Waals surface area contributed by atoms with E-state index in [4.69, 9.17) is 0 Å². The van der Waals surface area contributed by atoms with E-state index in [1.165, 1.54) is 24.3 Å². The van der Waals surface area contributed by atoms with E-state index >= 15 is 0 Å². The van der Waals surface area contributed by atoms with Gasteiger partial charge in [-0.05, 0) is 42.7 Å². The predicted octanol–water partition coefficient (Wildman–Crippen LogP) is 3.24. The molecule has 1 fully saturated rings. The molecule has 2 N–H and O–H groups in total. The Kier molecular flexibility index (Phi) is 6.18. The van der Waals surface area contributed by atoms with Crippen molar-refractivity contribution in [2.24, 2.45) is 0 Å². The van der Waals surface area contributed by atoms with E-state index in [1.54, 1.807) is 24.3 Å². The number of sulfonamides is 2. The van der Waals surface area contributed by atoms with Crippen molar-refractivity contribution < 1.29 is 16.8 Å². The van der Waals surface area contributed by atoms with Crippen molar-refractivity contribution >= 4 is 25.7 Å². The Balaban J connectivity index is 1.65. The van der Waals surface area contributed by atoms with Crippen LogP contribution in [0.4, 0.5) is 5.69 Å². The lowest BCUT2D eigenvalue weighted by Gasteiger charge is -2.22. The summed E-state index contributed by atoms with van der Waals surface area (Å²) in [5, 5.41) is 0. The summed E-state index contributed by atoms with van der Waals surface area (Å²) in [7, 11) is -7.17. The third-order valence-electron chi connectivity index (χ3n) is 4.56. The molecule has 2 aromatic rings. The van der Waals surface area contributed by atoms with Gasteiger partial charge in [0.1, 0.15) is 0 Å². The molecule has 1 saturated carbocycles. The Labute approximate surface area is 161 Å². The highest BCUT2D eigenvalue weighted by Crippen LogP contribution is 2.21. The van der Waals surface area contributed by atoms with E-state index in [1.807, 2.05) is 6.07 Å². The zero-order chi connectivity index (χ0) is 19.3. The van der Waals surface area contributed by atoms with Crippen LogP contribution in [-0.4, -0.2) is 22.9 Å². The molecule has 0 amide bonds. The molecule has 1 aliphatic rings. The van der Waals surface area contributed by atoms with E-state index in [9.17, 15) is 16.8 Å². The summed E-state index contributed by atoms with van der Waals surface area (Å²) in [6.07, 6.45) is 4.94. The van der Waals surface area contributed by atoms with Crippen LogP contribution in [-0.2, 0) is 25.8 Å². The lowest BCUT2D eigenvalue weighted by molar-refractivity contribution is 0.412. The van der Waals surface area contributed by atoms with Crippen molar-refractivity contribution in [3.63, 3.8) is 0 Å². The second-order valence-corrected chi connectivity index (χ2v) is 10.3. The summed E-state index contributed by atoms with van der Waals surface area (Å²) < 4.78 is 54.8. The summed E-state index contributed by atoms with van der Waals surface area (Å²) in [5.41, 5.74) is 1.02. The first-order chi connectivity index (χ1) is 12.8. The normalized spacial score (nSPS) is 16.1. The highest BCUT2D eigenvalue weighted by molar-refractivity contribution is 7.92. The summed E-state index contributed by atoms with van der Waals surface area (Å²) >= 11 is 0. The zero-order valence-corrected chi connectivity index (χ0v) is 16.6. The van der Waals surface area contributed by atoms with Gasteiger partial charge in [-0.25, -0.2) is 21.6 Å². The van der Waals surface area contributed by atoms with Gasteiger partial charge in [-0.1, -0.05) is 49.6 Å². The largest absolute Gasteiger partial charge is 0.283 e. The smallest absolute Gasteiger partial charge is 0.240 e. The van der Waals surface area contributed by atoms with E-state index < -0.39 is 20.0 Å². The first-order valence-electron chi connectivity index (χ1n) is 9.01. The lowest BCUT2D eigenvalue weighted by Crippen LogP contribution is -2.36. The Morgan fingerprint density at radius 3 is 2.07 bits per heavy atom. The quantitative estimate of drug-likeness (QED) is 0.736. The van der Waals surface area contributed by atoms with Crippen LogP contribution in [0.25, 0.3) is 0 Å². The van der Waals surface area contributed by atoms with Crippen LogP contribution in [0.1, 0.15) is 37.7 Å². The average molecular weight is 409 g/mol. The van der Waals surface area contributed by atoms with Crippen molar-refractivity contribution in [2.45, 2.75) is 48.8 Å². The Morgan fingerprint density at radius 2 is 1.44 bits per heavy atom. The van der Waals surface area contributed by atoms with Crippen LogP contribution >= 0.6 is 0 Å². The monoisotopic (exact) mass is 408 g/mol. The molecule has 0 heterocycles. The fourth-order valence-electron chi connectivity index (χ4n) is 3.22. The fraction of sp³-hybridized carbons (Fsp3) is 0.368. The topological polar surface area (TPSA) is 92.3 Å². The van der Waals surface area contributed by atoms with Gasteiger partial charge in [-0.2, -0.15) is 0 Å². The number of benzene rings is 2. The first-order valence-corrected chi connectivity index (χ1v) is 12.1. The number of hydrogen-bond donors (Lipinski definition) is 2. The van der Waals surface area contributed by atoms with Crippen LogP contribution in [0.2, 0.25) is 0 Å². The predicted molar refractivity (Wildman–Crippen MR) is 106 cm³/mol. The molecule has 146 valence electrons. The second-order valence-electron chi connectivity index (χ2n) is 6.83. The van der Waals surface area contributed by atoms with Crippen molar-refractivity contribution in [1.29, 1.82) is 0 Å². The van der Waals surface area contributed by atoms with E-state index in [0.29, 0.717) is 11.3 Å². The number of rotatable bonds is 7. The molecule has 8 heteroatoms. The molecule has 0 atom stereocenters. The summed E-state index contributed by atoms with van der Waals surface area (Å²) in [5.74, 6) is -0.142. The molecule has 0 radical (unpaired) electrons. The van der Waals surface area contributed by atoms with E-state index in [-0.39, 0.29) is 16.7 Å². The van der Waals surface area contributed by atoms with Gasteiger partial charge in [0.2, 0.25) is 20.0 Å². The molecule has 3 rings (SSSR count). The summed E-state index contributed by atoms with van der Waals surface area (Å²) in [6.45, 7) is 0. The maximum atomic E-state index is 12.5. The maximum Gasteiger partial charge on any atom is 0.240 e. The highest BCUT2D eigenvalue weighted by atomic mass is 32.2. The van der Waals surface area contributed by atoms with E-state index in [0.717, 1.165) is 32.1 Å². The minimum absolute atomic E-state index is 0.0206. The second kappa shape index (κ2) is 8.41. The molecule has 1 aliphatic carbocycles. The Hall–Kier alpha value is -1.90. The van der Waals surface area contributed by atoms with Crippen molar-refractivity contribution in [3.05, 3.63) is 60.2 Å². The van der Waals surface area contributed by atoms with Gasteiger partial charge in [0.25, 0.3) is 0 Å². The standard InChI is InChI=1S/C19H24N2O4S2/c22-26(23,15-16-7-3-1-4-8-16)20-18-11-13-19(14-12-18)27(24,25)21-17-9-5-2-6-10-17/h1,3-4,7-8,11-14,17,20-21H,2,5-6,9-10,15H2. The molecule has 0 bridgehead atoms. The summed E-state index contributed by atoms with van der Waals surface area (Å²) in [6, 6.07) is 14.6. The minimum atomic E-state index is -3.60. The maximum absolute atomic E-state index is 12.5. The molecule has 0 aliphatic heterocycles. The van der Waals surface area contributed by atoms with Gasteiger partial charge in [0.05, 0.1) is 10.6 Å². The first kappa shape index (κ1) is 19.9. The molecule has 0 aromatic heterocycles. The third kappa shape index (κ3) is 5.79. The molecule has 2 aromatic carbocycles. The van der Waals surface area contributed by atoms with Gasteiger partial charge in [-0.15, -0.1) is 0 Å². The molecular weight excluding hydrogens is 384 g/mol. The van der Waals surface area contributed by atoms with Crippen LogP contribution in [0.3, 0.4) is 0 Å². The van der Waals surface area contributed by atoms with Crippen molar-refractivity contribution in [3.8, 4) is 0 Å². The van der Waals surface area contributed by atoms with Crippen molar-refractivity contribution in [2.75, 3.05) is 4.72 Å². The molecular formula is C19H24N2O4S2. The molecule has 6 nitrogen and oxygen atoms in total. The summed E-state index contributed by atoms with van der Waals surface area (Å²) in [4.78, 5) is 0.138. The van der Waals surface area contributed by atoms with Gasteiger partial charge in [0.15, 0.2) is 0 Å². The highest BCUT2D eigenvalue weighted by Gasteiger charge is 2.22. The fourth-order valence-corrected chi connectivity index (χ4v) is 5.72. The van der Waals surface area contributed by atoms with Crippen LogP contribution < -0.4 is 9.44 Å². The minimum Gasteiger partial charge on any atom is -0.283 e. The SMILES string of the molecule is O=S(=O)(Cc1ccccc1)Nc1ccc(S(=O)(=O)NC2CCCCC2)cc1. The van der Waals surface area contributed by atoms with Crippen molar-refractivity contribution in [1.82, 2.24) is 4.72 Å².